The summed E-state index contributed by atoms with van der Waals surface area (Å²) in [5.41, 5.74) is 0.403. The lowest BCUT2D eigenvalue weighted by molar-refractivity contribution is 0.0767. The molecule has 5 heteroatoms. The normalized spacial score (nSPS) is 10.1. The summed E-state index contributed by atoms with van der Waals surface area (Å²) in [6.07, 6.45) is 0. The van der Waals surface area contributed by atoms with Crippen LogP contribution in [0.15, 0.2) is 23.1 Å². The molecule has 15 heavy (non-hydrogen) atoms. The molecule has 1 aromatic carbocycles. The lowest BCUT2D eigenvalue weighted by atomic mass is 10.2. The molecule has 0 aliphatic rings. The first-order chi connectivity index (χ1) is 7.06. The Hall–Kier alpha value is -0.710. The molecular weight excluding hydrogens is 234 g/mol. The van der Waals surface area contributed by atoms with Crippen LogP contribution in [0.4, 0.5) is 0 Å². The number of nitrogens with zero attached hydrogens (tertiary/aromatic N) is 1. The van der Waals surface area contributed by atoms with Gasteiger partial charge >= 0.3 is 0 Å². The number of thiol groups is 1. The van der Waals surface area contributed by atoms with E-state index < -0.39 is 0 Å². The first kappa shape index (κ1) is 12.4. The van der Waals surface area contributed by atoms with E-state index in [4.69, 9.17) is 16.7 Å². The number of amides is 1. The summed E-state index contributed by atoms with van der Waals surface area (Å²) in [5.74, 6) is -0.218. The van der Waals surface area contributed by atoms with E-state index in [2.05, 4.69) is 12.6 Å². The topological polar surface area (TPSA) is 40.5 Å². The van der Waals surface area contributed by atoms with Crippen LogP contribution >= 0.6 is 24.2 Å². The molecule has 0 radical (unpaired) electrons. The van der Waals surface area contributed by atoms with Crippen molar-refractivity contribution >= 4 is 30.1 Å². The number of carbonyl (C=O) groups is 1. The molecule has 1 rings (SSSR count). The second kappa shape index (κ2) is 5.39. The number of hydrogen-bond donors (Lipinski definition) is 2. The van der Waals surface area contributed by atoms with Crippen LogP contribution in [0.1, 0.15) is 10.4 Å². The zero-order valence-electron chi connectivity index (χ0n) is 8.27. The van der Waals surface area contributed by atoms with Gasteiger partial charge in [0.15, 0.2) is 0 Å². The zero-order valence-corrected chi connectivity index (χ0v) is 9.92. The quantitative estimate of drug-likeness (QED) is 0.796. The van der Waals surface area contributed by atoms with E-state index in [1.165, 1.54) is 4.90 Å². The Bertz CT molecular complexity index is 370. The number of aliphatic hydroxyl groups excluding tert-OH is 1. The molecule has 0 aliphatic heterocycles. The van der Waals surface area contributed by atoms with Crippen molar-refractivity contribution in [3.63, 3.8) is 0 Å². The van der Waals surface area contributed by atoms with Crippen molar-refractivity contribution in [3.05, 3.63) is 28.8 Å². The summed E-state index contributed by atoms with van der Waals surface area (Å²) in [6, 6.07) is 4.96. The second-order valence-electron chi connectivity index (χ2n) is 3.11. The van der Waals surface area contributed by atoms with Crippen LogP contribution in [0, 0.1) is 0 Å². The molecule has 0 atom stereocenters. The monoisotopic (exact) mass is 245 g/mol. The molecule has 0 aliphatic carbocycles. The van der Waals surface area contributed by atoms with Gasteiger partial charge in [-0.2, -0.15) is 0 Å². The van der Waals surface area contributed by atoms with E-state index in [9.17, 15) is 4.79 Å². The molecule has 1 amide bonds. The van der Waals surface area contributed by atoms with Gasteiger partial charge in [0.05, 0.1) is 17.2 Å². The van der Waals surface area contributed by atoms with Gasteiger partial charge in [-0.15, -0.1) is 12.6 Å². The van der Waals surface area contributed by atoms with Gasteiger partial charge in [-0.05, 0) is 18.2 Å². The standard InChI is InChI=1S/C10H12ClNO2S/c1-12(4-5-13)10(14)8-6-7(15)2-3-9(8)11/h2-3,6,13,15H,4-5H2,1H3. The van der Waals surface area contributed by atoms with E-state index in [0.717, 1.165) is 0 Å². The third kappa shape index (κ3) is 3.12. The highest BCUT2D eigenvalue weighted by Gasteiger charge is 2.14. The van der Waals surface area contributed by atoms with Crippen molar-refractivity contribution in [2.75, 3.05) is 20.2 Å². The fourth-order valence-electron chi connectivity index (χ4n) is 1.13. The van der Waals surface area contributed by atoms with Crippen LogP contribution in [0.2, 0.25) is 5.02 Å². The Kier molecular flexibility index (Phi) is 4.45. The third-order valence-electron chi connectivity index (χ3n) is 1.96. The van der Waals surface area contributed by atoms with Crippen LogP contribution in [0.5, 0.6) is 0 Å². The first-order valence-corrected chi connectivity index (χ1v) is 5.23. The number of aliphatic hydroxyl groups is 1. The van der Waals surface area contributed by atoms with Crippen molar-refractivity contribution < 1.29 is 9.90 Å². The molecule has 3 nitrogen and oxygen atoms in total. The lowest BCUT2D eigenvalue weighted by Gasteiger charge is -2.16. The van der Waals surface area contributed by atoms with E-state index >= 15 is 0 Å². The van der Waals surface area contributed by atoms with Gasteiger partial charge in [0.2, 0.25) is 0 Å². The Morgan fingerprint density at radius 1 is 1.60 bits per heavy atom. The van der Waals surface area contributed by atoms with Crippen LogP contribution in [0.3, 0.4) is 0 Å². The first-order valence-electron chi connectivity index (χ1n) is 4.41. The highest BCUT2D eigenvalue weighted by atomic mass is 35.5. The predicted molar refractivity (Wildman–Crippen MR) is 62.8 cm³/mol. The van der Waals surface area contributed by atoms with Gasteiger partial charge in [-0.1, -0.05) is 11.6 Å². The molecule has 0 heterocycles. The molecule has 0 unspecified atom stereocenters. The van der Waals surface area contributed by atoms with E-state index in [1.54, 1.807) is 25.2 Å². The van der Waals surface area contributed by atoms with Gasteiger partial charge in [-0.3, -0.25) is 4.79 Å². The number of benzene rings is 1. The summed E-state index contributed by atoms with van der Waals surface area (Å²) >= 11 is 10.0. The summed E-state index contributed by atoms with van der Waals surface area (Å²) in [4.78, 5) is 13.9. The molecule has 1 N–H and O–H groups in total. The lowest BCUT2D eigenvalue weighted by Crippen LogP contribution is -2.29. The maximum Gasteiger partial charge on any atom is 0.255 e. The number of likely N-dealkylation sites (N-methyl/N-ethyl adjacent to an activating group) is 1. The summed E-state index contributed by atoms with van der Waals surface area (Å²) < 4.78 is 0. The van der Waals surface area contributed by atoms with Crippen LogP contribution in [-0.4, -0.2) is 36.1 Å². The fourth-order valence-corrected chi connectivity index (χ4v) is 1.54. The Labute approximate surface area is 99.1 Å². The predicted octanol–water partition coefficient (Wildman–Crippen LogP) is 1.69. The maximum atomic E-state index is 11.8. The Morgan fingerprint density at radius 2 is 2.27 bits per heavy atom. The number of halogens is 1. The van der Waals surface area contributed by atoms with Crippen molar-refractivity contribution in [2.45, 2.75) is 4.90 Å². The summed E-state index contributed by atoms with van der Waals surface area (Å²) in [5, 5.41) is 9.11. The maximum absolute atomic E-state index is 11.8. The van der Waals surface area contributed by atoms with Gasteiger partial charge in [0.1, 0.15) is 0 Å². The minimum absolute atomic E-state index is 0.0690. The molecular formula is C10H12ClNO2S. The molecule has 0 bridgehead atoms. The second-order valence-corrected chi connectivity index (χ2v) is 4.04. The van der Waals surface area contributed by atoms with Crippen LogP contribution in [-0.2, 0) is 0 Å². The molecule has 0 saturated carbocycles. The smallest absolute Gasteiger partial charge is 0.255 e. The summed E-state index contributed by atoms with van der Waals surface area (Å²) in [7, 11) is 1.61. The average molecular weight is 246 g/mol. The molecule has 0 saturated heterocycles. The molecule has 0 spiro atoms. The number of hydrogen-bond acceptors (Lipinski definition) is 3. The fraction of sp³-hybridized carbons (Fsp3) is 0.300. The van der Waals surface area contributed by atoms with Crippen molar-refractivity contribution in [1.82, 2.24) is 4.90 Å². The minimum Gasteiger partial charge on any atom is -0.395 e. The van der Waals surface area contributed by atoms with E-state index in [0.29, 0.717) is 15.5 Å². The van der Waals surface area contributed by atoms with E-state index in [-0.39, 0.29) is 19.1 Å². The SMILES string of the molecule is CN(CCO)C(=O)c1cc(S)ccc1Cl. The van der Waals surface area contributed by atoms with Crippen molar-refractivity contribution in [3.8, 4) is 0 Å². The van der Waals surface area contributed by atoms with Crippen LogP contribution < -0.4 is 0 Å². The van der Waals surface area contributed by atoms with Gasteiger partial charge in [-0.25, -0.2) is 0 Å². The minimum atomic E-state index is -0.218. The highest BCUT2D eigenvalue weighted by Crippen LogP contribution is 2.20. The average Bonchev–Trinajstić information content (AvgIpc) is 2.21. The Morgan fingerprint density at radius 3 is 2.87 bits per heavy atom. The van der Waals surface area contributed by atoms with Crippen molar-refractivity contribution in [2.24, 2.45) is 0 Å². The van der Waals surface area contributed by atoms with Crippen molar-refractivity contribution in [1.29, 1.82) is 0 Å². The zero-order chi connectivity index (χ0) is 11.4. The largest absolute Gasteiger partial charge is 0.395 e. The highest BCUT2D eigenvalue weighted by molar-refractivity contribution is 7.80. The number of rotatable bonds is 3. The molecule has 0 aromatic heterocycles. The Balaban J connectivity index is 2.95. The molecule has 1 aromatic rings. The third-order valence-corrected chi connectivity index (χ3v) is 2.57. The van der Waals surface area contributed by atoms with Gasteiger partial charge in [0.25, 0.3) is 5.91 Å². The summed E-state index contributed by atoms with van der Waals surface area (Å²) in [6.45, 7) is 0.215. The van der Waals surface area contributed by atoms with E-state index in [1.807, 2.05) is 0 Å². The van der Waals surface area contributed by atoms with Gasteiger partial charge in [0, 0.05) is 18.5 Å². The molecule has 82 valence electrons. The molecule has 0 fully saturated rings. The van der Waals surface area contributed by atoms with Gasteiger partial charge < -0.3 is 10.0 Å². The number of carbonyl (C=O) groups excluding carboxylic acids is 1. The van der Waals surface area contributed by atoms with Crippen LogP contribution in [0.25, 0.3) is 0 Å².